The number of halogens is 1. The van der Waals surface area contributed by atoms with Crippen LogP contribution in [-0.2, 0) is 15.0 Å². The van der Waals surface area contributed by atoms with Crippen molar-refractivity contribution in [2.24, 2.45) is 0 Å². The molecule has 1 aromatic carbocycles. The largest absolute Gasteiger partial charge is 0.481 e. The second-order valence-electron chi connectivity index (χ2n) is 5.90. The van der Waals surface area contributed by atoms with Gasteiger partial charge < -0.3 is 10.4 Å². The molecule has 0 radical (unpaired) electrons. The van der Waals surface area contributed by atoms with Crippen LogP contribution in [0.25, 0.3) is 0 Å². The summed E-state index contributed by atoms with van der Waals surface area (Å²) in [5.74, 6) is -0.734. The van der Waals surface area contributed by atoms with Crippen LogP contribution in [0.3, 0.4) is 0 Å². The van der Waals surface area contributed by atoms with Crippen LogP contribution in [0.2, 0.25) is 5.02 Å². The van der Waals surface area contributed by atoms with Crippen LogP contribution in [0.15, 0.2) is 24.3 Å². The van der Waals surface area contributed by atoms with E-state index in [4.69, 9.17) is 16.7 Å². The summed E-state index contributed by atoms with van der Waals surface area (Å²) in [6.45, 7) is 0.529. The molecule has 1 saturated carbocycles. The van der Waals surface area contributed by atoms with Crippen LogP contribution in [0.5, 0.6) is 0 Å². The number of benzene rings is 1. The number of carboxylic acid groups (broad SMARTS) is 1. The first-order valence-corrected chi connectivity index (χ1v) is 8.18. The summed E-state index contributed by atoms with van der Waals surface area (Å²) in [6.07, 6.45) is 5.24. The second-order valence-corrected chi connectivity index (χ2v) is 6.34. The SMILES string of the molecule is O=C(O)CCCCNC(=O)C1(c2ccc(Cl)cc2)CCCC1. The average Bonchev–Trinajstić information content (AvgIpc) is 2.98. The van der Waals surface area contributed by atoms with E-state index in [2.05, 4.69) is 5.32 Å². The first-order chi connectivity index (χ1) is 10.5. The number of amides is 1. The van der Waals surface area contributed by atoms with Crippen LogP contribution in [0, 0.1) is 0 Å². The highest BCUT2D eigenvalue weighted by atomic mass is 35.5. The molecule has 0 spiro atoms. The van der Waals surface area contributed by atoms with Crippen molar-refractivity contribution in [1.82, 2.24) is 5.32 Å². The first kappa shape index (κ1) is 16.8. The van der Waals surface area contributed by atoms with Crippen molar-refractivity contribution in [3.63, 3.8) is 0 Å². The fourth-order valence-corrected chi connectivity index (χ4v) is 3.29. The van der Waals surface area contributed by atoms with E-state index in [1.54, 1.807) is 0 Å². The van der Waals surface area contributed by atoms with Gasteiger partial charge >= 0.3 is 5.97 Å². The monoisotopic (exact) mass is 323 g/mol. The summed E-state index contributed by atoms with van der Waals surface area (Å²) in [4.78, 5) is 23.2. The number of rotatable bonds is 7. The number of unbranched alkanes of at least 4 members (excludes halogenated alkanes) is 1. The van der Waals surface area contributed by atoms with Crippen molar-refractivity contribution in [2.75, 3.05) is 6.54 Å². The number of aliphatic carboxylic acids is 1. The van der Waals surface area contributed by atoms with Gasteiger partial charge in [0.05, 0.1) is 5.41 Å². The Labute approximate surface area is 135 Å². The Balaban J connectivity index is 1.97. The minimum absolute atomic E-state index is 0.0580. The van der Waals surface area contributed by atoms with Crippen LogP contribution in [0.4, 0.5) is 0 Å². The fraction of sp³-hybridized carbons (Fsp3) is 0.529. The highest BCUT2D eigenvalue weighted by Gasteiger charge is 2.42. The van der Waals surface area contributed by atoms with Gasteiger partial charge in [-0.25, -0.2) is 0 Å². The summed E-state index contributed by atoms with van der Waals surface area (Å²) < 4.78 is 0. The summed E-state index contributed by atoms with van der Waals surface area (Å²) in [5.41, 5.74) is 0.578. The van der Waals surface area contributed by atoms with Crippen molar-refractivity contribution in [2.45, 2.75) is 50.4 Å². The van der Waals surface area contributed by atoms with Crippen molar-refractivity contribution >= 4 is 23.5 Å². The van der Waals surface area contributed by atoms with Crippen molar-refractivity contribution in [3.8, 4) is 0 Å². The molecule has 0 bridgehead atoms. The zero-order chi connectivity index (χ0) is 16.0. The fourth-order valence-electron chi connectivity index (χ4n) is 3.17. The Morgan fingerprint density at radius 2 is 1.77 bits per heavy atom. The summed E-state index contributed by atoms with van der Waals surface area (Å²) >= 11 is 5.94. The lowest BCUT2D eigenvalue weighted by Crippen LogP contribution is -2.43. The van der Waals surface area contributed by atoms with Gasteiger partial charge in [-0.15, -0.1) is 0 Å². The molecule has 1 aromatic rings. The van der Waals surface area contributed by atoms with Gasteiger partial charge in [0.15, 0.2) is 0 Å². The van der Waals surface area contributed by atoms with Gasteiger partial charge in [0, 0.05) is 18.0 Å². The number of carbonyl (C=O) groups is 2. The molecule has 0 atom stereocenters. The molecule has 1 fully saturated rings. The quantitative estimate of drug-likeness (QED) is 0.754. The Bertz CT molecular complexity index is 521. The molecule has 0 heterocycles. The minimum atomic E-state index is -0.792. The van der Waals surface area contributed by atoms with E-state index in [9.17, 15) is 9.59 Å². The van der Waals surface area contributed by atoms with E-state index >= 15 is 0 Å². The van der Waals surface area contributed by atoms with E-state index in [1.807, 2.05) is 24.3 Å². The lowest BCUT2D eigenvalue weighted by atomic mass is 9.78. The second kappa shape index (κ2) is 7.63. The van der Waals surface area contributed by atoms with Gasteiger partial charge in [0.1, 0.15) is 0 Å². The molecule has 5 heteroatoms. The molecule has 0 unspecified atom stereocenters. The number of carbonyl (C=O) groups excluding carboxylic acids is 1. The zero-order valence-electron chi connectivity index (χ0n) is 12.6. The summed E-state index contributed by atoms with van der Waals surface area (Å²) in [6, 6.07) is 7.55. The predicted octanol–water partition coefficient (Wildman–Crippen LogP) is 3.52. The van der Waals surface area contributed by atoms with Gasteiger partial charge in [0.25, 0.3) is 0 Å². The van der Waals surface area contributed by atoms with Crippen LogP contribution in [0.1, 0.15) is 50.5 Å². The third kappa shape index (κ3) is 4.01. The number of hydrogen-bond acceptors (Lipinski definition) is 2. The Morgan fingerprint density at radius 3 is 2.36 bits per heavy atom. The Morgan fingerprint density at radius 1 is 1.14 bits per heavy atom. The third-order valence-electron chi connectivity index (χ3n) is 4.39. The molecule has 4 nitrogen and oxygen atoms in total. The number of carboxylic acids is 1. The predicted molar refractivity (Wildman–Crippen MR) is 86.1 cm³/mol. The standard InChI is InChI=1S/C17H22ClNO3/c18-14-8-6-13(7-9-14)17(10-2-3-11-17)16(22)19-12-4-1-5-15(20)21/h6-9H,1-5,10-12H2,(H,19,22)(H,20,21). The highest BCUT2D eigenvalue weighted by molar-refractivity contribution is 6.30. The van der Waals surface area contributed by atoms with Crippen molar-refractivity contribution in [3.05, 3.63) is 34.9 Å². The highest BCUT2D eigenvalue weighted by Crippen LogP contribution is 2.41. The molecule has 22 heavy (non-hydrogen) atoms. The summed E-state index contributed by atoms with van der Waals surface area (Å²) in [5, 5.41) is 12.3. The van der Waals surface area contributed by atoms with Crippen LogP contribution >= 0.6 is 11.6 Å². The molecule has 0 aliphatic heterocycles. The van der Waals surface area contributed by atoms with Gasteiger partial charge in [-0.2, -0.15) is 0 Å². The maximum absolute atomic E-state index is 12.7. The van der Waals surface area contributed by atoms with Crippen LogP contribution < -0.4 is 5.32 Å². The topological polar surface area (TPSA) is 66.4 Å². The Kier molecular flexibility index (Phi) is 5.83. The van der Waals surface area contributed by atoms with Gasteiger partial charge in [-0.3, -0.25) is 9.59 Å². The van der Waals surface area contributed by atoms with Crippen molar-refractivity contribution < 1.29 is 14.7 Å². The molecular weight excluding hydrogens is 302 g/mol. The Hall–Kier alpha value is -1.55. The molecule has 0 aromatic heterocycles. The lowest BCUT2D eigenvalue weighted by molar-refractivity contribution is -0.137. The molecule has 2 N–H and O–H groups in total. The van der Waals surface area contributed by atoms with Gasteiger partial charge in [-0.05, 0) is 43.4 Å². The molecule has 120 valence electrons. The van der Waals surface area contributed by atoms with E-state index in [-0.39, 0.29) is 12.3 Å². The van der Waals surface area contributed by atoms with E-state index in [0.29, 0.717) is 24.4 Å². The van der Waals surface area contributed by atoms with Crippen LogP contribution in [-0.4, -0.2) is 23.5 Å². The minimum Gasteiger partial charge on any atom is -0.481 e. The van der Waals surface area contributed by atoms with Crippen molar-refractivity contribution in [1.29, 1.82) is 0 Å². The molecule has 0 saturated heterocycles. The third-order valence-corrected chi connectivity index (χ3v) is 4.64. The first-order valence-electron chi connectivity index (χ1n) is 7.81. The lowest BCUT2D eigenvalue weighted by Gasteiger charge is -2.28. The van der Waals surface area contributed by atoms with E-state index < -0.39 is 11.4 Å². The average molecular weight is 324 g/mol. The van der Waals surface area contributed by atoms with E-state index in [1.165, 1.54) is 0 Å². The molecule has 2 rings (SSSR count). The molecule has 1 aliphatic rings. The molecule has 1 aliphatic carbocycles. The maximum atomic E-state index is 12.7. The number of hydrogen-bond donors (Lipinski definition) is 2. The van der Waals surface area contributed by atoms with Gasteiger partial charge in [-0.1, -0.05) is 36.6 Å². The molecular formula is C17H22ClNO3. The molecule has 1 amide bonds. The summed E-state index contributed by atoms with van der Waals surface area (Å²) in [7, 11) is 0. The zero-order valence-corrected chi connectivity index (χ0v) is 13.4. The smallest absolute Gasteiger partial charge is 0.303 e. The van der Waals surface area contributed by atoms with Gasteiger partial charge in [0.2, 0.25) is 5.91 Å². The number of nitrogens with one attached hydrogen (secondary N) is 1. The van der Waals surface area contributed by atoms with E-state index in [0.717, 1.165) is 31.2 Å². The normalized spacial score (nSPS) is 16.4. The maximum Gasteiger partial charge on any atom is 0.303 e.